The zero-order chi connectivity index (χ0) is 13.8. The van der Waals surface area contributed by atoms with Crippen LogP contribution in [0.25, 0.3) is 10.2 Å². The summed E-state index contributed by atoms with van der Waals surface area (Å²) in [6, 6.07) is 12.1. The van der Waals surface area contributed by atoms with Crippen LogP contribution in [0.1, 0.15) is 17.4 Å². The number of thiophene rings is 1. The van der Waals surface area contributed by atoms with E-state index in [0.29, 0.717) is 0 Å². The number of aryl methyl sites for hydroxylation is 1. The summed E-state index contributed by atoms with van der Waals surface area (Å²) < 4.78 is 0. The van der Waals surface area contributed by atoms with E-state index in [1.165, 1.54) is 4.88 Å². The summed E-state index contributed by atoms with van der Waals surface area (Å²) in [5.74, 6) is 0.748. The van der Waals surface area contributed by atoms with E-state index in [-0.39, 0.29) is 0 Å². The first kappa shape index (κ1) is 12.7. The number of aromatic nitrogens is 2. The van der Waals surface area contributed by atoms with Crippen LogP contribution in [0.3, 0.4) is 0 Å². The third-order valence-electron chi connectivity index (χ3n) is 2.91. The van der Waals surface area contributed by atoms with Crippen molar-refractivity contribution >= 4 is 33.6 Å². The number of anilines is 1. The Bertz CT molecular complexity index is 734. The molecular weight excluding hydrogens is 268 g/mol. The van der Waals surface area contributed by atoms with Gasteiger partial charge in [0.2, 0.25) is 0 Å². The highest BCUT2D eigenvalue weighted by Gasteiger charge is 2.06. The van der Waals surface area contributed by atoms with Gasteiger partial charge in [0, 0.05) is 4.88 Å². The van der Waals surface area contributed by atoms with Crippen molar-refractivity contribution in [2.75, 3.05) is 5.43 Å². The minimum Gasteiger partial charge on any atom is -0.261 e. The van der Waals surface area contributed by atoms with Gasteiger partial charge in [-0.2, -0.15) is 5.10 Å². The smallest absolute Gasteiger partial charge is 0.158 e. The van der Waals surface area contributed by atoms with Gasteiger partial charge in [-0.05, 0) is 18.1 Å². The molecule has 0 unspecified atom stereocenters. The minimum atomic E-state index is 0.748. The Kier molecular flexibility index (Phi) is 3.69. The molecule has 3 rings (SSSR count). The van der Waals surface area contributed by atoms with Gasteiger partial charge in [-0.3, -0.25) is 5.43 Å². The molecule has 0 saturated carbocycles. The number of hydrogen-bond acceptors (Lipinski definition) is 5. The molecule has 100 valence electrons. The van der Waals surface area contributed by atoms with E-state index >= 15 is 0 Å². The first-order valence-corrected chi connectivity index (χ1v) is 7.26. The summed E-state index contributed by atoms with van der Waals surface area (Å²) >= 11 is 1.70. The van der Waals surface area contributed by atoms with Crippen LogP contribution in [0.15, 0.2) is 47.8 Å². The third kappa shape index (κ3) is 2.67. The Labute approximate surface area is 121 Å². The molecule has 0 aliphatic rings. The fourth-order valence-electron chi connectivity index (χ4n) is 1.88. The zero-order valence-corrected chi connectivity index (χ0v) is 11.9. The molecule has 20 heavy (non-hydrogen) atoms. The molecule has 0 bridgehead atoms. The zero-order valence-electron chi connectivity index (χ0n) is 11.1. The molecule has 1 N–H and O–H groups in total. The largest absolute Gasteiger partial charge is 0.261 e. The molecule has 3 aromatic rings. The summed E-state index contributed by atoms with van der Waals surface area (Å²) in [7, 11) is 0. The predicted molar refractivity (Wildman–Crippen MR) is 84.5 cm³/mol. The van der Waals surface area contributed by atoms with Gasteiger partial charge in [0.15, 0.2) is 5.82 Å². The lowest BCUT2D eigenvalue weighted by molar-refractivity contribution is 1.18. The summed E-state index contributed by atoms with van der Waals surface area (Å²) in [6.07, 6.45) is 4.35. The molecule has 0 spiro atoms. The van der Waals surface area contributed by atoms with Crippen molar-refractivity contribution in [2.45, 2.75) is 13.3 Å². The maximum atomic E-state index is 4.29. The van der Waals surface area contributed by atoms with E-state index < -0.39 is 0 Å². The van der Waals surface area contributed by atoms with Gasteiger partial charge < -0.3 is 0 Å². The quantitative estimate of drug-likeness (QED) is 0.586. The second kappa shape index (κ2) is 5.79. The molecule has 2 aromatic heterocycles. The Morgan fingerprint density at radius 1 is 1.25 bits per heavy atom. The van der Waals surface area contributed by atoms with E-state index in [2.05, 4.69) is 33.5 Å². The van der Waals surface area contributed by atoms with Crippen LogP contribution in [0.4, 0.5) is 5.82 Å². The normalized spacial score (nSPS) is 11.2. The van der Waals surface area contributed by atoms with Gasteiger partial charge in [-0.25, -0.2) is 9.97 Å². The average Bonchev–Trinajstić information content (AvgIpc) is 2.92. The van der Waals surface area contributed by atoms with Crippen LogP contribution in [-0.4, -0.2) is 16.2 Å². The van der Waals surface area contributed by atoms with Gasteiger partial charge in [0.25, 0.3) is 0 Å². The van der Waals surface area contributed by atoms with Gasteiger partial charge >= 0.3 is 0 Å². The van der Waals surface area contributed by atoms with Gasteiger partial charge in [-0.1, -0.05) is 37.3 Å². The molecule has 0 aliphatic carbocycles. The van der Waals surface area contributed by atoms with Crippen LogP contribution in [0.5, 0.6) is 0 Å². The van der Waals surface area contributed by atoms with Crippen LogP contribution in [0, 0.1) is 0 Å². The number of hydrogen-bond donors (Lipinski definition) is 1. The monoisotopic (exact) mass is 282 g/mol. The van der Waals surface area contributed by atoms with Crippen molar-refractivity contribution in [3.8, 4) is 0 Å². The molecule has 4 nitrogen and oxygen atoms in total. The van der Waals surface area contributed by atoms with Crippen molar-refractivity contribution in [3.05, 3.63) is 53.2 Å². The number of nitrogens with zero attached hydrogens (tertiary/aromatic N) is 3. The average molecular weight is 282 g/mol. The molecule has 0 amide bonds. The summed E-state index contributed by atoms with van der Waals surface area (Å²) in [5, 5.41) is 5.26. The van der Waals surface area contributed by atoms with Gasteiger partial charge in [0.1, 0.15) is 11.2 Å². The SMILES string of the molecule is CCc1cc2c(N/N=C/c3ccccc3)ncnc2s1. The van der Waals surface area contributed by atoms with E-state index in [0.717, 1.165) is 28.0 Å². The third-order valence-corrected chi connectivity index (χ3v) is 4.10. The Morgan fingerprint density at radius 2 is 2.10 bits per heavy atom. The highest BCUT2D eigenvalue weighted by molar-refractivity contribution is 7.18. The lowest BCUT2D eigenvalue weighted by Gasteiger charge is -1.99. The van der Waals surface area contributed by atoms with Crippen LogP contribution in [0.2, 0.25) is 0 Å². The van der Waals surface area contributed by atoms with Crippen molar-refractivity contribution in [1.82, 2.24) is 9.97 Å². The van der Waals surface area contributed by atoms with Crippen LogP contribution < -0.4 is 5.43 Å². The minimum absolute atomic E-state index is 0.748. The lowest BCUT2D eigenvalue weighted by Crippen LogP contribution is -1.94. The van der Waals surface area contributed by atoms with Crippen LogP contribution in [-0.2, 0) is 6.42 Å². The van der Waals surface area contributed by atoms with E-state index in [4.69, 9.17) is 0 Å². The standard InChI is InChI=1S/C15H14N4S/c1-2-12-8-13-14(16-10-17-15(13)20-12)19-18-9-11-6-4-3-5-7-11/h3-10H,2H2,1H3,(H,16,17,19)/b18-9+. The van der Waals surface area contributed by atoms with Gasteiger partial charge in [0.05, 0.1) is 11.6 Å². The molecule has 0 aliphatic heterocycles. The van der Waals surface area contributed by atoms with Crippen molar-refractivity contribution in [2.24, 2.45) is 5.10 Å². The van der Waals surface area contributed by atoms with Crippen molar-refractivity contribution < 1.29 is 0 Å². The Balaban J connectivity index is 1.84. The number of benzene rings is 1. The Hall–Kier alpha value is -2.27. The topological polar surface area (TPSA) is 50.2 Å². The van der Waals surface area contributed by atoms with E-state index in [9.17, 15) is 0 Å². The number of fused-ring (bicyclic) bond motifs is 1. The molecule has 0 fully saturated rings. The maximum Gasteiger partial charge on any atom is 0.158 e. The predicted octanol–water partition coefficient (Wildman–Crippen LogP) is 3.70. The summed E-state index contributed by atoms with van der Waals surface area (Å²) in [4.78, 5) is 10.8. The fraction of sp³-hybridized carbons (Fsp3) is 0.133. The summed E-state index contributed by atoms with van der Waals surface area (Å²) in [6.45, 7) is 2.14. The summed E-state index contributed by atoms with van der Waals surface area (Å²) in [5.41, 5.74) is 4.04. The second-order valence-corrected chi connectivity index (χ2v) is 5.40. The lowest BCUT2D eigenvalue weighted by atomic mass is 10.2. The highest BCUT2D eigenvalue weighted by atomic mass is 32.1. The number of hydrazone groups is 1. The highest BCUT2D eigenvalue weighted by Crippen LogP contribution is 2.28. The molecule has 1 aromatic carbocycles. The van der Waals surface area contributed by atoms with Crippen molar-refractivity contribution in [3.63, 3.8) is 0 Å². The molecule has 0 saturated heterocycles. The second-order valence-electron chi connectivity index (χ2n) is 4.29. The first-order valence-electron chi connectivity index (χ1n) is 6.44. The molecule has 0 radical (unpaired) electrons. The van der Waals surface area contributed by atoms with Gasteiger partial charge in [-0.15, -0.1) is 11.3 Å². The first-order chi connectivity index (χ1) is 9.86. The molecule has 2 heterocycles. The molecule has 0 atom stereocenters. The molecule has 5 heteroatoms. The molecular formula is C15H14N4S. The van der Waals surface area contributed by atoms with Crippen molar-refractivity contribution in [1.29, 1.82) is 0 Å². The maximum absolute atomic E-state index is 4.29. The number of nitrogens with one attached hydrogen (secondary N) is 1. The fourth-order valence-corrected chi connectivity index (χ4v) is 2.81. The van der Waals surface area contributed by atoms with E-state index in [1.807, 2.05) is 30.3 Å². The number of rotatable bonds is 4. The van der Waals surface area contributed by atoms with E-state index in [1.54, 1.807) is 23.9 Å². The Morgan fingerprint density at radius 3 is 2.90 bits per heavy atom. The van der Waals surface area contributed by atoms with Crippen LogP contribution >= 0.6 is 11.3 Å².